The van der Waals surface area contributed by atoms with Crippen molar-refractivity contribution in [1.82, 2.24) is 26.6 Å². The first kappa shape index (κ1) is 33.6. The van der Waals surface area contributed by atoms with E-state index in [1.165, 1.54) is 13.2 Å². The summed E-state index contributed by atoms with van der Waals surface area (Å²) in [5.41, 5.74) is 0.902. The summed E-state index contributed by atoms with van der Waals surface area (Å²) in [6.07, 6.45) is 4.94. The van der Waals surface area contributed by atoms with E-state index < -0.39 is 48.0 Å². The van der Waals surface area contributed by atoms with Crippen LogP contribution in [-0.2, 0) is 30.3 Å². The second kappa shape index (κ2) is 16.6. The topological polar surface area (TPSA) is 155 Å². The van der Waals surface area contributed by atoms with Gasteiger partial charge in [-0.25, -0.2) is 9.59 Å². The van der Waals surface area contributed by atoms with Gasteiger partial charge in [0.2, 0.25) is 17.7 Å². The molecule has 12 heteroatoms. The molecule has 2 rings (SSSR count). The Labute approximate surface area is 246 Å². The molecule has 0 radical (unpaired) electrons. The molecule has 226 valence electrons. The molecule has 11 nitrogen and oxygen atoms in total. The third-order valence-corrected chi connectivity index (χ3v) is 6.92. The normalized spacial score (nSPS) is 20.4. The Balaban J connectivity index is 2.18. The largest absolute Gasteiger partial charge is 0.467 e. The molecule has 0 aliphatic carbocycles. The Bertz CT molecular complexity index is 1090. The predicted octanol–water partition coefficient (Wildman–Crippen LogP) is 2.23. The van der Waals surface area contributed by atoms with Crippen molar-refractivity contribution in [2.75, 3.05) is 13.7 Å². The number of ether oxygens (including phenoxy) is 1. The number of amides is 5. The number of urea groups is 1. The fourth-order valence-corrected chi connectivity index (χ4v) is 4.41. The van der Waals surface area contributed by atoms with Gasteiger partial charge in [-0.1, -0.05) is 57.5 Å². The maximum absolute atomic E-state index is 13.4. The van der Waals surface area contributed by atoms with E-state index in [-0.39, 0.29) is 17.7 Å². The molecule has 0 saturated heterocycles. The Kier molecular flexibility index (Phi) is 13.6. The van der Waals surface area contributed by atoms with Crippen LogP contribution in [0.2, 0.25) is 5.02 Å². The minimum atomic E-state index is -0.973. The van der Waals surface area contributed by atoms with E-state index in [0.29, 0.717) is 37.3 Å². The smallest absolute Gasteiger partial charge is 0.328 e. The first-order valence-electron chi connectivity index (χ1n) is 13.9. The van der Waals surface area contributed by atoms with E-state index in [2.05, 4.69) is 26.6 Å². The zero-order chi connectivity index (χ0) is 30.5. The molecule has 1 aromatic rings. The second-order valence-electron chi connectivity index (χ2n) is 10.7. The van der Waals surface area contributed by atoms with Gasteiger partial charge in [-0.15, -0.1) is 0 Å². The molecule has 2 unspecified atom stereocenters. The van der Waals surface area contributed by atoms with Gasteiger partial charge in [0.15, 0.2) is 0 Å². The molecular weight excluding hydrogens is 550 g/mol. The molecule has 0 bridgehead atoms. The molecule has 0 aromatic heterocycles. The monoisotopic (exact) mass is 591 g/mol. The lowest BCUT2D eigenvalue weighted by Crippen LogP contribution is -2.59. The van der Waals surface area contributed by atoms with Crippen molar-refractivity contribution >= 4 is 41.3 Å². The number of methoxy groups -OCH3 is 1. The maximum Gasteiger partial charge on any atom is 0.328 e. The van der Waals surface area contributed by atoms with E-state index in [9.17, 15) is 24.0 Å². The minimum Gasteiger partial charge on any atom is -0.467 e. The number of carbonyl (C=O) groups excluding carboxylic acids is 5. The van der Waals surface area contributed by atoms with E-state index >= 15 is 0 Å². The van der Waals surface area contributed by atoms with Gasteiger partial charge in [-0.3, -0.25) is 14.4 Å². The average molecular weight is 592 g/mol. The third-order valence-electron chi connectivity index (χ3n) is 6.67. The van der Waals surface area contributed by atoms with E-state index in [1.54, 1.807) is 45.9 Å². The number of benzene rings is 1. The molecule has 1 aliphatic heterocycles. The van der Waals surface area contributed by atoms with E-state index in [1.807, 2.05) is 12.1 Å². The lowest BCUT2D eigenvalue weighted by Gasteiger charge is -2.27. The van der Waals surface area contributed by atoms with Gasteiger partial charge < -0.3 is 31.3 Å². The van der Waals surface area contributed by atoms with Crippen LogP contribution in [0.4, 0.5) is 4.79 Å². The predicted molar refractivity (Wildman–Crippen MR) is 156 cm³/mol. The van der Waals surface area contributed by atoms with Crippen LogP contribution in [0.25, 0.3) is 0 Å². The van der Waals surface area contributed by atoms with Crippen LogP contribution in [-0.4, -0.2) is 67.5 Å². The quantitative estimate of drug-likeness (QED) is 0.277. The number of esters is 1. The van der Waals surface area contributed by atoms with Crippen molar-refractivity contribution in [3.8, 4) is 0 Å². The zero-order valence-electron chi connectivity index (χ0n) is 24.3. The van der Waals surface area contributed by atoms with Crippen LogP contribution in [0.3, 0.4) is 0 Å². The lowest BCUT2D eigenvalue weighted by atomic mass is 10.0. The summed E-state index contributed by atoms with van der Waals surface area (Å²) in [6, 6.07) is 3.21. The van der Waals surface area contributed by atoms with Crippen LogP contribution in [0.5, 0.6) is 0 Å². The van der Waals surface area contributed by atoms with Crippen molar-refractivity contribution < 1.29 is 28.7 Å². The Morgan fingerprint density at radius 1 is 1.00 bits per heavy atom. The third kappa shape index (κ3) is 11.4. The Hall–Kier alpha value is -3.60. The van der Waals surface area contributed by atoms with Crippen molar-refractivity contribution in [2.24, 2.45) is 11.8 Å². The van der Waals surface area contributed by atoms with Crippen LogP contribution in [0.1, 0.15) is 52.5 Å². The number of rotatable bonds is 9. The number of hydrogen-bond acceptors (Lipinski definition) is 6. The summed E-state index contributed by atoms with van der Waals surface area (Å²) < 4.78 is 4.76. The summed E-state index contributed by atoms with van der Waals surface area (Å²) in [5.74, 6) is -2.33. The van der Waals surface area contributed by atoms with Gasteiger partial charge in [0.05, 0.1) is 13.2 Å². The van der Waals surface area contributed by atoms with E-state index in [0.717, 1.165) is 5.56 Å². The van der Waals surface area contributed by atoms with Crippen LogP contribution >= 0.6 is 11.6 Å². The minimum absolute atomic E-state index is 0.237. The van der Waals surface area contributed by atoms with Crippen molar-refractivity contribution in [1.29, 1.82) is 0 Å². The van der Waals surface area contributed by atoms with Crippen LogP contribution < -0.4 is 26.6 Å². The van der Waals surface area contributed by atoms with Gasteiger partial charge in [-0.2, -0.15) is 0 Å². The van der Waals surface area contributed by atoms with Crippen molar-refractivity contribution in [3.63, 3.8) is 0 Å². The molecule has 1 aromatic carbocycles. The first-order valence-corrected chi connectivity index (χ1v) is 14.2. The molecule has 0 saturated carbocycles. The average Bonchev–Trinajstić information content (AvgIpc) is 2.92. The maximum atomic E-state index is 13.4. The van der Waals surface area contributed by atoms with Gasteiger partial charge in [0.1, 0.15) is 18.1 Å². The molecule has 0 fully saturated rings. The summed E-state index contributed by atoms with van der Waals surface area (Å²) in [7, 11) is 1.24. The standard InChI is InChI=1S/C29H42ClN5O6/c1-17(2)24(34-29(40)35-25(18(3)4)28(39)41-5)27(38)33-22-8-6-7-15-31-23(36)14-13-21(32-26(22)37)16-19-9-11-20(30)12-10-19/h9-14,17-18,21-22,24-25H,6-8,15-16H2,1-5H3,(H,31,36)(H,32,37)(H,33,38)(H2,34,35,40)/b14-13+/t21-,22+,24?,25?/m1/s1. The Morgan fingerprint density at radius 3 is 2.24 bits per heavy atom. The number of carbonyl (C=O) groups is 5. The highest BCUT2D eigenvalue weighted by molar-refractivity contribution is 6.30. The molecule has 41 heavy (non-hydrogen) atoms. The van der Waals surface area contributed by atoms with Gasteiger partial charge >= 0.3 is 12.0 Å². The molecular formula is C29H42ClN5O6. The second-order valence-corrected chi connectivity index (χ2v) is 11.2. The van der Waals surface area contributed by atoms with Gasteiger partial charge in [-0.05, 0) is 55.2 Å². The highest BCUT2D eigenvalue weighted by atomic mass is 35.5. The summed E-state index contributed by atoms with van der Waals surface area (Å²) in [5, 5.41) is 14.3. The Morgan fingerprint density at radius 2 is 1.63 bits per heavy atom. The molecule has 0 spiro atoms. The molecule has 5 amide bonds. The summed E-state index contributed by atoms with van der Waals surface area (Å²) in [6.45, 7) is 7.49. The number of hydrogen-bond donors (Lipinski definition) is 5. The number of nitrogens with one attached hydrogen (secondary N) is 5. The van der Waals surface area contributed by atoms with Crippen LogP contribution in [0.15, 0.2) is 36.4 Å². The van der Waals surface area contributed by atoms with Crippen molar-refractivity contribution in [2.45, 2.75) is 77.5 Å². The molecule has 5 N–H and O–H groups in total. The van der Waals surface area contributed by atoms with Crippen molar-refractivity contribution in [3.05, 3.63) is 47.0 Å². The molecule has 1 heterocycles. The summed E-state index contributed by atoms with van der Waals surface area (Å²) >= 11 is 6.00. The SMILES string of the molecule is COC(=O)C(NC(=O)NC(C(=O)N[C@H]1CCCCNC(=O)/C=C/[C@H](Cc2ccc(Cl)cc2)NC1=O)C(C)C)C(C)C. The molecule has 4 atom stereocenters. The highest BCUT2D eigenvalue weighted by Gasteiger charge is 2.31. The first-order chi connectivity index (χ1) is 19.4. The van der Waals surface area contributed by atoms with E-state index in [4.69, 9.17) is 16.3 Å². The fraction of sp³-hybridized carbons (Fsp3) is 0.552. The molecule has 1 aliphatic rings. The van der Waals surface area contributed by atoms with Gasteiger partial charge in [0, 0.05) is 17.6 Å². The number of halogens is 1. The lowest BCUT2D eigenvalue weighted by molar-refractivity contribution is -0.144. The fourth-order valence-electron chi connectivity index (χ4n) is 4.29. The zero-order valence-corrected chi connectivity index (χ0v) is 25.0. The van der Waals surface area contributed by atoms with Gasteiger partial charge in [0.25, 0.3) is 0 Å². The highest BCUT2D eigenvalue weighted by Crippen LogP contribution is 2.13. The van der Waals surface area contributed by atoms with Crippen LogP contribution in [0, 0.1) is 11.8 Å². The summed E-state index contributed by atoms with van der Waals surface area (Å²) in [4.78, 5) is 63.7.